The average Bonchev–Trinajstić information content (AvgIpc) is 2.39. The lowest BCUT2D eigenvalue weighted by atomic mass is 10.2. The minimum atomic E-state index is -0.295. The van der Waals surface area contributed by atoms with Gasteiger partial charge in [-0.3, -0.25) is 9.78 Å². The predicted molar refractivity (Wildman–Crippen MR) is 65.8 cm³/mol. The molecule has 1 heterocycles. The minimum absolute atomic E-state index is 0.195. The van der Waals surface area contributed by atoms with E-state index in [0.717, 1.165) is 11.1 Å². The lowest BCUT2D eigenvalue weighted by Gasteiger charge is -2.05. The van der Waals surface area contributed by atoms with Gasteiger partial charge in [0, 0.05) is 12.4 Å². The Morgan fingerprint density at radius 3 is 2.61 bits per heavy atom. The van der Waals surface area contributed by atoms with Crippen LogP contribution in [0.4, 0.5) is 0 Å². The second-order valence-electron chi connectivity index (χ2n) is 3.87. The van der Waals surface area contributed by atoms with Crippen molar-refractivity contribution in [3.63, 3.8) is 0 Å². The van der Waals surface area contributed by atoms with E-state index < -0.39 is 0 Å². The van der Waals surface area contributed by atoms with Crippen LogP contribution in [0.5, 0.6) is 5.75 Å². The number of pyridine rings is 1. The Morgan fingerprint density at radius 1 is 1.17 bits per heavy atom. The Kier molecular flexibility index (Phi) is 3.91. The van der Waals surface area contributed by atoms with E-state index in [0.29, 0.717) is 0 Å². The summed E-state index contributed by atoms with van der Waals surface area (Å²) in [7, 11) is 0. The molecule has 18 heavy (non-hydrogen) atoms. The van der Waals surface area contributed by atoms with Gasteiger partial charge < -0.3 is 9.84 Å². The monoisotopic (exact) mass is 243 g/mol. The quantitative estimate of drug-likeness (QED) is 0.835. The molecule has 1 aromatic carbocycles. The second-order valence-corrected chi connectivity index (χ2v) is 3.87. The topological polar surface area (TPSA) is 59.4 Å². The summed E-state index contributed by atoms with van der Waals surface area (Å²) in [4.78, 5) is 15.5. The third-order valence-corrected chi connectivity index (χ3v) is 2.41. The fourth-order valence-electron chi connectivity index (χ4n) is 1.48. The van der Waals surface area contributed by atoms with E-state index >= 15 is 0 Å². The molecule has 0 radical (unpaired) electrons. The van der Waals surface area contributed by atoms with Gasteiger partial charge in [-0.25, -0.2) is 0 Å². The van der Waals surface area contributed by atoms with Crippen LogP contribution in [-0.2, 0) is 22.6 Å². The van der Waals surface area contributed by atoms with Crippen molar-refractivity contribution in [3.8, 4) is 5.75 Å². The first-order chi connectivity index (χ1) is 8.74. The predicted octanol–water partition coefficient (Wildman–Crippen LogP) is 2.07. The lowest BCUT2D eigenvalue weighted by molar-refractivity contribution is -0.144. The number of nitrogens with zero attached hydrogens (tertiary/aromatic N) is 1. The molecule has 4 nitrogen and oxygen atoms in total. The van der Waals surface area contributed by atoms with E-state index in [-0.39, 0.29) is 24.7 Å². The highest BCUT2D eigenvalue weighted by Gasteiger charge is 2.05. The average molecular weight is 243 g/mol. The summed E-state index contributed by atoms with van der Waals surface area (Å²) in [6.45, 7) is 0.208. The summed E-state index contributed by atoms with van der Waals surface area (Å²) in [6, 6.07) is 10.2. The first-order valence-corrected chi connectivity index (χ1v) is 5.56. The van der Waals surface area contributed by atoms with Crippen LogP contribution in [0.25, 0.3) is 0 Å². The van der Waals surface area contributed by atoms with Gasteiger partial charge in [-0.05, 0) is 29.3 Å². The Bertz CT molecular complexity index is 508. The van der Waals surface area contributed by atoms with Crippen LogP contribution in [0.2, 0.25) is 0 Å². The molecule has 0 fully saturated rings. The van der Waals surface area contributed by atoms with Crippen LogP contribution in [0.3, 0.4) is 0 Å². The number of hydrogen-bond donors (Lipinski definition) is 1. The SMILES string of the molecule is O=C(Cc1cccnc1)OCc1ccc(O)cc1. The fraction of sp³-hybridized carbons (Fsp3) is 0.143. The molecule has 0 aliphatic heterocycles. The standard InChI is InChI=1S/C14H13NO3/c16-13-5-3-11(4-6-13)10-18-14(17)8-12-2-1-7-15-9-12/h1-7,9,16H,8,10H2. The van der Waals surface area contributed by atoms with Crippen molar-refractivity contribution in [1.82, 2.24) is 4.98 Å². The summed E-state index contributed by atoms with van der Waals surface area (Å²) >= 11 is 0. The Labute approximate surface area is 105 Å². The van der Waals surface area contributed by atoms with Gasteiger partial charge >= 0.3 is 5.97 Å². The van der Waals surface area contributed by atoms with Crippen LogP contribution < -0.4 is 0 Å². The zero-order chi connectivity index (χ0) is 12.8. The number of benzene rings is 1. The number of phenols is 1. The number of ether oxygens (including phenoxy) is 1. The number of carbonyl (C=O) groups is 1. The smallest absolute Gasteiger partial charge is 0.310 e. The molecule has 0 spiro atoms. The summed E-state index contributed by atoms with van der Waals surface area (Å²) < 4.78 is 5.12. The van der Waals surface area contributed by atoms with Gasteiger partial charge in [0.05, 0.1) is 6.42 Å². The molecule has 2 rings (SSSR count). The zero-order valence-electron chi connectivity index (χ0n) is 9.74. The molecule has 1 aromatic heterocycles. The largest absolute Gasteiger partial charge is 0.508 e. The maximum Gasteiger partial charge on any atom is 0.310 e. The molecule has 0 aliphatic carbocycles. The van der Waals surface area contributed by atoms with Gasteiger partial charge in [-0.1, -0.05) is 18.2 Å². The molecule has 0 saturated heterocycles. The number of rotatable bonds is 4. The van der Waals surface area contributed by atoms with Crippen molar-refractivity contribution in [2.75, 3.05) is 0 Å². The summed E-state index contributed by atoms with van der Waals surface area (Å²) in [6.07, 6.45) is 3.51. The van der Waals surface area contributed by atoms with Crippen LogP contribution >= 0.6 is 0 Å². The molecule has 0 unspecified atom stereocenters. The van der Waals surface area contributed by atoms with Crippen molar-refractivity contribution < 1.29 is 14.6 Å². The molecule has 0 amide bonds. The normalized spacial score (nSPS) is 10.0. The Hall–Kier alpha value is -2.36. The Morgan fingerprint density at radius 2 is 1.94 bits per heavy atom. The third kappa shape index (κ3) is 3.59. The highest BCUT2D eigenvalue weighted by molar-refractivity contribution is 5.72. The number of carbonyl (C=O) groups excluding carboxylic acids is 1. The van der Waals surface area contributed by atoms with Crippen molar-refractivity contribution in [2.45, 2.75) is 13.0 Å². The number of esters is 1. The number of phenolic OH excluding ortho intramolecular Hbond substituents is 1. The van der Waals surface area contributed by atoms with Crippen molar-refractivity contribution in [1.29, 1.82) is 0 Å². The van der Waals surface area contributed by atoms with Crippen molar-refractivity contribution in [2.24, 2.45) is 0 Å². The van der Waals surface area contributed by atoms with Crippen LogP contribution in [0, 0.1) is 0 Å². The van der Waals surface area contributed by atoms with Crippen LogP contribution in [0.1, 0.15) is 11.1 Å². The maximum atomic E-state index is 11.6. The second kappa shape index (κ2) is 5.82. The number of aromatic nitrogens is 1. The van der Waals surface area contributed by atoms with E-state index in [9.17, 15) is 4.79 Å². The van der Waals surface area contributed by atoms with Crippen molar-refractivity contribution >= 4 is 5.97 Å². The Balaban J connectivity index is 1.83. The first kappa shape index (κ1) is 12.1. The van der Waals surface area contributed by atoms with E-state index in [1.54, 1.807) is 42.7 Å². The van der Waals surface area contributed by atoms with Gasteiger partial charge in [0.2, 0.25) is 0 Å². The fourth-order valence-corrected chi connectivity index (χ4v) is 1.48. The van der Waals surface area contributed by atoms with E-state index in [4.69, 9.17) is 9.84 Å². The molecule has 0 atom stereocenters. The summed E-state index contributed by atoms with van der Waals surface area (Å²) in [5.41, 5.74) is 1.67. The molecule has 92 valence electrons. The molecular formula is C14H13NO3. The third-order valence-electron chi connectivity index (χ3n) is 2.41. The molecule has 1 N–H and O–H groups in total. The number of aromatic hydroxyl groups is 1. The van der Waals surface area contributed by atoms with Crippen LogP contribution in [0.15, 0.2) is 48.8 Å². The molecule has 0 bridgehead atoms. The van der Waals surface area contributed by atoms with Gasteiger partial charge in [-0.15, -0.1) is 0 Å². The number of hydrogen-bond acceptors (Lipinski definition) is 4. The highest BCUT2D eigenvalue weighted by Crippen LogP contribution is 2.10. The van der Waals surface area contributed by atoms with E-state index in [1.165, 1.54) is 0 Å². The molecule has 4 heteroatoms. The van der Waals surface area contributed by atoms with Gasteiger partial charge in [-0.2, -0.15) is 0 Å². The van der Waals surface area contributed by atoms with Crippen molar-refractivity contribution in [3.05, 3.63) is 59.9 Å². The molecule has 2 aromatic rings. The van der Waals surface area contributed by atoms with Gasteiger partial charge in [0.1, 0.15) is 12.4 Å². The summed E-state index contributed by atoms with van der Waals surface area (Å²) in [5, 5.41) is 9.11. The van der Waals surface area contributed by atoms with E-state index in [1.807, 2.05) is 6.07 Å². The highest BCUT2D eigenvalue weighted by atomic mass is 16.5. The van der Waals surface area contributed by atoms with Gasteiger partial charge in [0.25, 0.3) is 0 Å². The van der Waals surface area contributed by atoms with Crippen LogP contribution in [-0.4, -0.2) is 16.1 Å². The molecular weight excluding hydrogens is 230 g/mol. The lowest BCUT2D eigenvalue weighted by Crippen LogP contribution is -2.08. The maximum absolute atomic E-state index is 11.6. The molecule has 0 saturated carbocycles. The molecule has 0 aliphatic rings. The summed E-state index contributed by atoms with van der Waals surface area (Å²) in [5.74, 6) is -0.100. The zero-order valence-corrected chi connectivity index (χ0v) is 9.74. The van der Waals surface area contributed by atoms with E-state index in [2.05, 4.69) is 4.98 Å². The minimum Gasteiger partial charge on any atom is -0.508 e. The van der Waals surface area contributed by atoms with Gasteiger partial charge in [0.15, 0.2) is 0 Å². The first-order valence-electron chi connectivity index (χ1n) is 5.56.